The fourth-order valence-electron chi connectivity index (χ4n) is 21.6. The van der Waals surface area contributed by atoms with Crippen molar-refractivity contribution in [3.63, 3.8) is 0 Å². The topological polar surface area (TPSA) is 150 Å². The number of furan rings is 4. The summed E-state index contributed by atoms with van der Waals surface area (Å²) in [6, 6.07) is 156. The van der Waals surface area contributed by atoms with Crippen molar-refractivity contribution in [2.24, 2.45) is 0 Å². The summed E-state index contributed by atoms with van der Waals surface area (Å²) in [7, 11) is 0. The minimum atomic E-state index is 0.584. The van der Waals surface area contributed by atoms with Gasteiger partial charge in [-0.05, 0) is 164 Å². The predicted octanol–water partition coefficient (Wildman–Crippen LogP) is 33.8. The van der Waals surface area contributed by atoms with Gasteiger partial charge in [-0.3, -0.25) is 0 Å². The Morgan fingerprint density at radius 2 is 0.468 bits per heavy atom. The zero-order valence-electron chi connectivity index (χ0n) is 75.2. The average Bonchev–Trinajstić information content (AvgIpc) is 1.53. The minimum absolute atomic E-state index is 0.584. The van der Waals surface area contributed by atoms with Crippen LogP contribution in [0.15, 0.2) is 467 Å². The van der Waals surface area contributed by atoms with E-state index in [1.54, 1.807) is 0 Å². The number of nitrogens with zero attached hydrogens (tertiary/aromatic N) is 10. The number of hydrogen-bond donors (Lipinski definition) is 0. The highest BCUT2D eigenvalue weighted by molar-refractivity contribution is 7.26. The third kappa shape index (κ3) is 12.6. The molecule has 14 nitrogen and oxygen atoms in total. The number of aromatic nitrogens is 10. The summed E-state index contributed by atoms with van der Waals surface area (Å²) in [5.41, 5.74) is 28.2. The van der Waals surface area contributed by atoms with E-state index in [4.69, 9.17) is 47.6 Å². The van der Waals surface area contributed by atoms with E-state index in [9.17, 15) is 0 Å². The Labute approximate surface area is 806 Å². The van der Waals surface area contributed by atoms with Crippen molar-refractivity contribution in [1.29, 1.82) is 0 Å². The maximum Gasteiger partial charge on any atom is 0.231 e. The summed E-state index contributed by atoms with van der Waals surface area (Å²) in [6.07, 6.45) is 0. The summed E-state index contributed by atoms with van der Waals surface area (Å²) in [5, 5.41) is 20.5. The lowest BCUT2D eigenvalue weighted by Crippen LogP contribution is -1.97. The summed E-state index contributed by atoms with van der Waals surface area (Å²) >= 11 is 1.85. The molecule has 0 aliphatic rings. The van der Waals surface area contributed by atoms with Crippen LogP contribution >= 0.6 is 11.3 Å². The van der Waals surface area contributed by atoms with E-state index in [1.807, 2.05) is 133 Å². The number of hydrogen-bond acceptors (Lipinski definition) is 11. The zero-order valence-corrected chi connectivity index (χ0v) is 76.1. The molecule has 19 aromatic carbocycles. The van der Waals surface area contributed by atoms with E-state index in [-0.39, 0.29) is 0 Å². The van der Waals surface area contributed by atoms with Crippen LogP contribution in [0.5, 0.6) is 0 Å². The van der Waals surface area contributed by atoms with Gasteiger partial charge in [-0.2, -0.15) is 15.0 Å². The second-order valence-corrected chi connectivity index (χ2v) is 36.8. The van der Waals surface area contributed by atoms with Crippen LogP contribution < -0.4 is 0 Å². The van der Waals surface area contributed by atoms with Crippen LogP contribution in [-0.4, -0.2) is 48.2 Å². The highest BCUT2D eigenvalue weighted by Gasteiger charge is 2.28. The molecule has 658 valence electrons. The number of rotatable bonds is 10. The van der Waals surface area contributed by atoms with Gasteiger partial charge in [0, 0.05) is 141 Å². The maximum atomic E-state index is 6.31. The molecule has 0 aliphatic carbocycles. The van der Waals surface area contributed by atoms with Crippen molar-refractivity contribution in [2.45, 2.75) is 0 Å². The molecule has 0 aliphatic heterocycles. The van der Waals surface area contributed by atoms with Gasteiger partial charge in [0.1, 0.15) is 27.9 Å². The van der Waals surface area contributed by atoms with Crippen LogP contribution in [0.1, 0.15) is 0 Å². The summed E-state index contributed by atoms with van der Waals surface area (Å²) in [6.45, 7) is 0. The Kier molecular flexibility index (Phi) is 17.9. The lowest BCUT2D eigenvalue weighted by atomic mass is 10.1. The third-order valence-electron chi connectivity index (χ3n) is 27.8. The SMILES string of the molecule is c1ccc(-c2nc(-c3ccc(-n4c5ccccc5c5ccc6c(c7ccccc7n6-c6ccccc6)c54)cc3)nc3oc4ccccc4c23)cc1.c1ccc(-c2nc(-c3ccc(-n4c5ccccc5c5ccc6oc7ccccc7c6c54)cc3)nc3oc4ccccc4c23)cc1.c1ccc(-c2nc(-c3ccc(-n4c5ccccc5c5ccc6sc7ccccc7c6c54)cc3)nc3oc4ccccc4c23)cc1. The first kappa shape index (κ1) is 79.4. The second-order valence-electron chi connectivity index (χ2n) is 35.7. The summed E-state index contributed by atoms with van der Waals surface area (Å²) < 4.78 is 37.3. The third-order valence-corrected chi connectivity index (χ3v) is 29.0. The molecule has 0 spiro atoms. The molecule has 15 heteroatoms. The number of benzene rings is 19. The molecule has 31 rings (SSSR count). The zero-order chi connectivity index (χ0) is 92.4. The van der Waals surface area contributed by atoms with Gasteiger partial charge < -0.3 is 35.9 Å². The molecular weight excluding hydrogens is 1750 g/mol. The predicted molar refractivity (Wildman–Crippen MR) is 578 cm³/mol. The van der Waals surface area contributed by atoms with Gasteiger partial charge in [-0.25, -0.2) is 15.0 Å². The molecule has 0 saturated heterocycles. The van der Waals surface area contributed by atoms with Crippen molar-refractivity contribution in [2.75, 3.05) is 0 Å². The number of para-hydroxylation sites is 9. The van der Waals surface area contributed by atoms with Crippen molar-refractivity contribution in [3.8, 4) is 90.7 Å². The molecule has 0 amide bonds. The van der Waals surface area contributed by atoms with E-state index < -0.39 is 0 Å². The van der Waals surface area contributed by atoms with Crippen LogP contribution in [-0.2, 0) is 0 Å². The van der Waals surface area contributed by atoms with Crippen molar-refractivity contribution in [3.05, 3.63) is 449 Å². The average molecular weight is 1820 g/mol. The molecule has 12 heterocycles. The van der Waals surface area contributed by atoms with Crippen LogP contribution in [0.4, 0.5) is 0 Å². The normalized spacial score (nSPS) is 12.0. The first-order valence-electron chi connectivity index (χ1n) is 47.2. The summed E-state index contributed by atoms with van der Waals surface area (Å²) in [4.78, 5) is 30.3. The first-order valence-corrected chi connectivity index (χ1v) is 48.0. The highest BCUT2D eigenvalue weighted by Crippen LogP contribution is 2.49. The Bertz CT molecular complexity index is 10100. The lowest BCUT2D eigenvalue weighted by molar-refractivity contribution is 0.653. The maximum absolute atomic E-state index is 6.31. The fraction of sp³-hybridized carbons (Fsp3) is 0. The van der Waals surface area contributed by atoms with Gasteiger partial charge in [0.05, 0.1) is 82.8 Å². The van der Waals surface area contributed by atoms with E-state index in [0.717, 1.165) is 161 Å². The number of fused-ring (bicyclic) bond motifs is 30. The van der Waals surface area contributed by atoms with E-state index >= 15 is 0 Å². The Morgan fingerprint density at radius 1 is 0.163 bits per heavy atom. The first-order chi connectivity index (χ1) is 69.9. The van der Waals surface area contributed by atoms with Crippen LogP contribution in [0.2, 0.25) is 0 Å². The largest absolute Gasteiger partial charge is 0.456 e. The molecule has 0 saturated carbocycles. The Hall–Kier alpha value is -19.0. The van der Waals surface area contributed by atoms with Gasteiger partial charge in [0.2, 0.25) is 17.1 Å². The highest BCUT2D eigenvalue weighted by atomic mass is 32.1. The molecule has 0 fully saturated rings. The molecular formula is C126H74N10O4S. The second kappa shape index (κ2) is 31.8. The van der Waals surface area contributed by atoms with Gasteiger partial charge in [0.15, 0.2) is 17.5 Å². The standard InChI is InChI=1S/C46H28N4O.C40H23N3O2.C40H23N3OS/c1-3-13-29(14-4-1)43-42-36-19-9-12-22-40(36)51-46(42)48-45(47-43)30-23-25-32(26-24-30)50-37-20-10-7-17-33(37)34-27-28-39-41(44(34)50)35-18-8-11-21-38(35)49(39)31-15-5-2-6-16-31;1-2-10-24(11-3-1)37-36-30-14-6-9-17-33(30)45-40(36)42-39(41-37)25-18-20-26(21-19-25)43-31-15-7-4-12-27(31)28-22-23-34-35(38(28)43)29-13-5-8-16-32(29)44-34;1-2-10-24(11-3-1)37-36-29-13-5-8-16-32(29)44-40(36)42-39(41-37)25-18-20-26(21-19-25)43-31-15-7-4-12-27(31)28-22-23-34-35(38(28)43)30-14-6-9-17-33(30)45-34/h1-28H;2*1-23H. The van der Waals surface area contributed by atoms with Crippen molar-refractivity contribution >= 4 is 207 Å². The summed E-state index contributed by atoms with van der Waals surface area (Å²) in [5.74, 6) is 1.89. The fourth-order valence-corrected chi connectivity index (χ4v) is 22.8. The monoisotopic (exact) mass is 1820 g/mol. The van der Waals surface area contributed by atoms with Gasteiger partial charge in [-0.1, -0.05) is 285 Å². The molecule has 0 unspecified atom stereocenters. The smallest absolute Gasteiger partial charge is 0.231 e. The molecule has 12 aromatic heterocycles. The molecule has 0 radical (unpaired) electrons. The van der Waals surface area contributed by atoms with E-state index in [1.165, 1.54) is 90.8 Å². The van der Waals surface area contributed by atoms with Gasteiger partial charge in [0.25, 0.3) is 0 Å². The Balaban J connectivity index is 0.000000102. The molecule has 0 atom stereocenters. The van der Waals surface area contributed by atoms with Crippen molar-refractivity contribution < 1.29 is 17.7 Å². The number of thiophene rings is 1. The quantitative estimate of drug-likeness (QED) is 0.129. The lowest BCUT2D eigenvalue weighted by Gasteiger charge is -2.11. The van der Waals surface area contributed by atoms with Gasteiger partial charge >= 0.3 is 0 Å². The molecule has 0 N–H and O–H groups in total. The molecule has 141 heavy (non-hydrogen) atoms. The molecule has 31 aromatic rings. The van der Waals surface area contributed by atoms with Gasteiger partial charge in [-0.15, -0.1) is 11.3 Å². The Morgan fingerprint density at radius 3 is 0.887 bits per heavy atom. The van der Waals surface area contributed by atoms with Crippen molar-refractivity contribution in [1.82, 2.24) is 48.2 Å². The van der Waals surface area contributed by atoms with E-state index in [2.05, 4.69) is 346 Å². The molecule has 0 bridgehead atoms. The van der Waals surface area contributed by atoms with Crippen LogP contribution in [0, 0.1) is 0 Å². The van der Waals surface area contributed by atoms with Crippen LogP contribution in [0.25, 0.3) is 286 Å². The minimum Gasteiger partial charge on any atom is -0.456 e. The van der Waals surface area contributed by atoms with Crippen LogP contribution in [0.3, 0.4) is 0 Å². The van der Waals surface area contributed by atoms with E-state index in [0.29, 0.717) is 34.6 Å².